The van der Waals surface area contributed by atoms with Crippen LogP contribution in [0.2, 0.25) is 0 Å². The molecule has 10 heavy (non-hydrogen) atoms. The summed E-state index contributed by atoms with van der Waals surface area (Å²) in [6.45, 7) is 0. The van der Waals surface area contributed by atoms with Crippen molar-refractivity contribution in [3.05, 3.63) is 0 Å². The third kappa shape index (κ3) is 4.62. The highest BCUT2D eigenvalue weighted by Crippen LogP contribution is 1.97. The second-order valence-electron chi connectivity index (χ2n) is 1.27. The van der Waals surface area contributed by atoms with Gasteiger partial charge in [0, 0.05) is 0 Å². The minimum atomic E-state index is -3.98. The van der Waals surface area contributed by atoms with Crippen molar-refractivity contribution in [2.45, 2.75) is 0 Å². The molecule has 0 atom stereocenters. The fourth-order valence-corrected chi connectivity index (χ4v) is 0.531. The molecular weight excluding hydrogens is 173 g/mol. The van der Waals surface area contributed by atoms with Crippen LogP contribution in [0, 0.1) is 0 Å². The van der Waals surface area contributed by atoms with Crippen molar-refractivity contribution in [3.8, 4) is 0 Å². The summed E-state index contributed by atoms with van der Waals surface area (Å²) in [5, 5.41) is 0. The van der Waals surface area contributed by atoms with Crippen LogP contribution in [-0.4, -0.2) is 22.0 Å². The first-order chi connectivity index (χ1) is 4.49. The van der Waals surface area contributed by atoms with Crippen LogP contribution >= 0.6 is 0 Å². The van der Waals surface area contributed by atoms with Gasteiger partial charge in [-0.25, -0.2) is 8.42 Å². The monoisotopic (exact) mass is 176 g/mol. The van der Waals surface area contributed by atoms with Gasteiger partial charge >= 0.3 is 7.32 Å². The zero-order valence-electron chi connectivity index (χ0n) is 4.78. The van der Waals surface area contributed by atoms with E-state index >= 15 is 0 Å². The summed E-state index contributed by atoms with van der Waals surface area (Å²) in [6.07, 6.45) is 0.581. The topological polar surface area (TPSA) is 61.8 Å². The van der Waals surface area contributed by atoms with E-state index in [1.54, 1.807) is 0 Å². The van der Waals surface area contributed by atoms with Crippen molar-refractivity contribution < 1.29 is 31.3 Å². The lowest BCUT2D eigenvalue weighted by atomic mass is 10.3. The molecule has 0 unspecified atom stereocenters. The molecule has 0 amide bonds. The van der Waals surface area contributed by atoms with Gasteiger partial charge in [0.1, 0.15) is 0 Å². The quantitative estimate of drug-likeness (QED) is 0.552. The average Bonchev–Trinajstić information content (AvgIpc) is 1.81. The van der Waals surface area contributed by atoms with Crippen molar-refractivity contribution in [3.63, 3.8) is 0 Å². The van der Waals surface area contributed by atoms with E-state index in [0.29, 0.717) is 6.26 Å². The third-order valence-corrected chi connectivity index (χ3v) is 0.906. The molecular formula is CH3BF2O5S. The zero-order valence-corrected chi connectivity index (χ0v) is 5.60. The Morgan fingerprint density at radius 1 is 1.30 bits per heavy atom. The van der Waals surface area contributed by atoms with Crippen LogP contribution in [0.25, 0.3) is 0 Å². The predicted octanol–water partition coefficient (Wildman–Crippen LogP) is -0.250. The molecule has 0 aromatic carbocycles. The maximum Gasteiger partial charge on any atom is 0.720 e. The number of rotatable bonds is 4. The summed E-state index contributed by atoms with van der Waals surface area (Å²) in [5.41, 5.74) is 0. The molecule has 0 spiro atoms. The van der Waals surface area contributed by atoms with Gasteiger partial charge in [-0.05, 0) is 0 Å². The molecule has 0 aliphatic heterocycles. The van der Waals surface area contributed by atoms with E-state index in [-0.39, 0.29) is 0 Å². The molecule has 0 N–H and O–H groups in total. The summed E-state index contributed by atoms with van der Waals surface area (Å²) in [7, 11) is -6.45. The maximum absolute atomic E-state index is 10.9. The second kappa shape index (κ2) is 3.81. The molecule has 0 fully saturated rings. The molecule has 0 aromatic heterocycles. The van der Waals surface area contributed by atoms with Crippen LogP contribution in [0.3, 0.4) is 0 Å². The molecule has 0 saturated carbocycles. The van der Waals surface area contributed by atoms with E-state index in [1.807, 2.05) is 0 Å². The largest absolute Gasteiger partial charge is 0.720 e. The van der Waals surface area contributed by atoms with Gasteiger partial charge in [0.15, 0.2) is 0 Å². The molecule has 0 saturated heterocycles. The van der Waals surface area contributed by atoms with E-state index < -0.39 is 17.4 Å². The van der Waals surface area contributed by atoms with Gasteiger partial charge in [-0.15, -0.1) is 0 Å². The van der Waals surface area contributed by atoms with Gasteiger partial charge < -0.3 is 0 Å². The summed E-state index contributed by atoms with van der Waals surface area (Å²) in [4.78, 5) is 5.15. The SMILES string of the molecule is CS(=O)(=O)OB(OF)OF. The highest BCUT2D eigenvalue weighted by Gasteiger charge is 2.29. The second-order valence-corrected chi connectivity index (χ2v) is 2.87. The molecule has 0 aliphatic carbocycles. The highest BCUT2D eigenvalue weighted by molar-refractivity contribution is 7.86. The van der Waals surface area contributed by atoms with Gasteiger partial charge in [0.2, 0.25) is 0 Å². The van der Waals surface area contributed by atoms with Crippen molar-refractivity contribution in [1.82, 2.24) is 0 Å². The Morgan fingerprint density at radius 3 is 1.80 bits per heavy atom. The van der Waals surface area contributed by atoms with Crippen LogP contribution < -0.4 is 0 Å². The highest BCUT2D eigenvalue weighted by atomic mass is 32.2. The van der Waals surface area contributed by atoms with Gasteiger partial charge in [-0.2, -0.15) is 9.72 Å². The lowest BCUT2D eigenvalue weighted by Gasteiger charge is -1.98. The van der Waals surface area contributed by atoms with Crippen molar-refractivity contribution in [1.29, 1.82) is 0 Å². The summed E-state index contributed by atoms with van der Waals surface area (Å²) in [5.74, 6) is 0. The molecule has 0 radical (unpaired) electrons. The molecule has 9 heteroatoms. The predicted molar refractivity (Wildman–Crippen MR) is 26.1 cm³/mol. The first kappa shape index (κ1) is 9.75. The van der Waals surface area contributed by atoms with Crippen LogP contribution in [0.5, 0.6) is 0 Å². The average molecular weight is 176 g/mol. The summed E-state index contributed by atoms with van der Waals surface area (Å²) in [6, 6.07) is 0. The zero-order chi connectivity index (χ0) is 8.20. The maximum atomic E-state index is 10.9. The van der Waals surface area contributed by atoms with Crippen LogP contribution in [0.4, 0.5) is 9.05 Å². The third-order valence-electron chi connectivity index (χ3n) is 0.399. The Labute approximate surface area is 56.0 Å². The van der Waals surface area contributed by atoms with E-state index in [4.69, 9.17) is 0 Å². The van der Waals surface area contributed by atoms with Gasteiger partial charge in [-0.3, -0.25) is 4.10 Å². The summed E-state index contributed by atoms with van der Waals surface area (Å²) >= 11 is 0. The fraction of sp³-hybridized carbons (Fsp3) is 1.00. The first-order valence-corrected chi connectivity index (χ1v) is 3.74. The van der Waals surface area contributed by atoms with Gasteiger partial charge in [-0.1, -0.05) is 9.05 Å². The lowest BCUT2D eigenvalue weighted by Crippen LogP contribution is -2.24. The fourth-order valence-electron chi connectivity index (χ4n) is 0.186. The number of hydrogen-bond acceptors (Lipinski definition) is 5. The van der Waals surface area contributed by atoms with Crippen molar-refractivity contribution in [2.75, 3.05) is 6.26 Å². The molecule has 5 nitrogen and oxygen atoms in total. The van der Waals surface area contributed by atoms with E-state index in [9.17, 15) is 17.5 Å². The smallest absolute Gasteiger partial charge is 0.268 e. The Kier molecular flexibility index (Phi) is 3.72. The van der Waals surface area contributed by atoms with Crippen molar-refractivity contribution in [2.24, 2.45) is 0 Å². The molecule has 60 valence electrons. The van der Waals surface area contributed by atoms with Gasteiger partial charge in [0.25, 0.3) is 10.1 Å². The molecule has 0 heterocycles. The minimum absolute atomic E-state index is 0.581. The van der Waals surface area contributed by atoms with Crippen LogP contribution in [-0.2, 0) is 23.9 Å². The molecule has 0 rings (SSSR count). The molecule has 0 aromatic rings. The van der Waals surface area contributed by atoms with Gasteiger partial charge in [0.05, 0.1) is 6.26 Å². The number of halogens is 2. The summed E-state index contributed by atoms with van der Waals surface area (Å²) < 4.78 is 45.5. The van der Waals surface area contributed by atoms with Crippen molar-refractivity contribution >= 4 is 17.4 Å². The Bertz CT molecular complexity index is 174. The Balaban J connectivity index is 3.87. The Morgan fingerprint density at radius 2 is 1.70 bits per heavy atom. The molecule has 0 aliphatic rings. The van der Waals surface area contributed by atoms with Crippen LogP contribution in [0.15, 0.2) is 0 Å². The lowest BCUT2D eigenvalue weighted by molar-refractivity contribution is -0.129. The normalized spacial score (nSPS) is 11.5. The Hall–Kier alpha value is -0.245. The van der Waals surface area contributed by atoms with E-state index in [2.05, 4.69) is 13.8 Å². The number of hydrogen-bond donors (Lipinski definition) is 0. The standard InChI is InChI=1S/CH3BF2O5S/c1-10(5,6)9-2(7-3)8-4/h1H3. The molecule has 0 bridgehead atoms. The minimum Gasteiger partial charge on any atom is -0.268 e. The first-order valence-electron chi connectivity index (χ1n) is 1.92. The van der Waals surface area contributed by atoms with E-state index in [0.717, 1.165) is 0 Å². The van der Waals surface area contributed by atoms with E-state index in [1.165, 1.54) is 0 Å². The van der Waals surface area contributed by atoms with Crippen LogP contribution in [0.1, 0.15) is 0 Å².